The fourth-order valence-corrected chi connectivity index (χ4v) is 2.06. The Labute approximate surface area is 107 Å². The molecule has 5 heteroatoms. The maximum Gasteiger partial charge on any atom is 0.148 e. The van der Waals surface area contributed by atoms with Gasteiger partial charge in [-0.3, -0.25) is 5.41 Å². The van der Waals surface area contributed by atoms with Gasteiger partial charge in [-0.2, -0.15) is 0 Å². The van der Waals surface area contributed by atoms with Crippen LogP contribution in [0.4, 0.5) is 5.82 Å². The highest BCUT2D eigenvalue weighted by atomic mass is 35.5. The lowest BCUT2D eigenvalue weighted by Crippen LogP contribution is -2.27. The van der Waals surface area contributed by atoms with Crippen LogP contribution in [-0.4, -0.2) is 23.9 Å². The van der Waals surface area contributed by atoms with Gasteiger partial charge in [0.15, 0.2) is 0 Å². The van der Waals surface area contributed by atoms with Gasteiger partial charge in [0.2, 0.25) is 0 Å². The van der Waals surface area contributed by atoms with Gasteiger partial charge in [0.1, 0.15) is 11.7 Å². The van der Waals surface area contributed by atoms with Crippen molar-refractivity contribution >= 4 is 23.3 Å². The number of halogens is 1. The van der Waals surface area contributed by atoms with Gasteiger partial charge < -0.3 is 10.6 Å². The summed E-state index contributed by atoms with van der Waals surface area (Å²) in [7, 11) is 0. The third kappa shape index (κ3) is 3.33. The standard InChI is InChI=1S/C12H19ClN4/c1-3-7-17(8-4-2)12-10(13)9(11(14)15)5-6-16-12/h5-6H,3-4,7-8H2,1-2H3,(H3,14,15). The first-order valence-corrected chi connectivity index (χ1v) is 6.23. The second-order valence-corrected chi connectivity index (χ2v) is 4.27. The summed E-state index contributed by atoms with van der Waals surface area (Å²) >= 11 is 6.24. The zero-order valence-corrected chi connectivity index (χ0v) is 11.1. The van der Waals surface area contributed by atoms with Crippen LogP contribution in [-0.2, 0) is 0 Å². The number of hydrogen-bond donors (Lipinski definition) is 2. The molecule has 0 amide bonds. The second kappa shape index (κ2) is 6.45. The van der Waals surface area contributed by atoms with E-state index >= 15 is 0 Å². The molecule has 94 valence electrons. The minimum absolute atomic E-state index is 0.0217. The summed E-state index contributed by atoms with van der Waals surface area (Å²) in [4.78, 5) is 6.43. The first kappa shape index (κ1) is 13.8. The van der Waals surface area contributed by atoms with E-state index in [1.165, 1.54) is 0 Å². The lowest BCUT2D eigenvalue weighted by atomic mass is 10.2. The molecule has 0 aliphatic carbocycles. The van der Waals surface area contributed by atoms with Crippen molar-refractivity contribution in [2.24, 2.45) is 5.73 Å². The highest BCUT2D eigenvalue weighted by molar-refractivity contribution is 6.36. The van der Waals surface area contributed by atoms with Gasteiger partial charge in [-0.15, -0.1) is 0 Å². The highest BCUT2D eigenvalue weighted by Crippen LogP contribution is 2.26. The number of anilines is 1. The van der Waals surface area contributed by atoms with Crippen LogP contribution in [0.3, 0.4) is 0 Å². The minimum Gasteiger partial charge on any atom is -0.384 e. The van der Waals surface area contributed by atoms with Crippen LogP contribution in [0.5, 0.6) is 0 Å². The first-order chi connectivity index (χ1) is 8.11. The summed E-state index contributed by atoms with van der Waals surface area (Å²) in [5.41, 5.74) is 6.03. The van der Waals surface area contributed by atoms with Crippen molar-refractivity contribution in [3.8, 4) is 0 Å². The minimum atomic E-state index is -0.0217. The van der Waals surface area contributed by atoms with Crippen molar-refractivity contribution in [1.29, 1.82) is 5.41 Å². The van der Waals surface area contributed by atoms with Crippen molar-refractivity contribution in [3.05, 3.63) is 22.8 Å². The SMILES string of the molecule is CCCN(CCC)c1nccc(C(=N)N)c1Cl. The largest absolute Gasteiger partial charge is 0.384 e. The molecule has 0 atom stereocenters. The molecule has 17 heavy (non-hydrogen) atoms. The molecule has 0 spiro atoms. The van der Waals surface area contributed by atoms with E-state index in [-0.39, 0.29) is 5.84 Å². The van der Waals surface area contributed by atoms with E-state index in [9.17, 15) is 0 Å². The summed E-state index contributed by atoms with van der Waals surface area (Å²) in [6.45, 7) is 6.04. The Morgan fingerprint density at radius 3 is 2.47 bits per heavy atom. The fourth-order valence-electron chi connectivity index (χ4n) is 1.72. The van der Waals surface area contributed by atoms with Gasteiger partial charge in [-0.05, 0) is 18.9 Å². The average molecular weight is 255 g/mol. The molecule has 0 aromatic carbocycles. The van der Waals surface area contributed by atoms with Crippen LogP contribution >= 0.6 is 11.6 Å². The van der Waals surface area contributed by atoms with E-state index < -0.39 is 0 Å². The fraction of sp³-hybridized carbons (Fsp3) is 0.500. The molecule has 1 heterocycles. The van der Waals surface area contributed by atoms with Gasteiger partial charge in [0.05, 0.1) is 5.02 Å². The maximum atomic E-state index is 7.46. The summed E-state index contributed by atoms with van der Waals surface area (Å²) < 4.78 is 0. The van der Waals surface area contributed by atoms with E-state index in [0.717, 1.165) is 31.7 Å². The van der Waals surface area contributed by atoms with Crippen molar-refractivity contribution in [2.45, 2.75) is 26.7 Å². The first-order valence-electron chi connectivity index (χ1n) is 5.85. The molecule has 3 N–H and O–H groups in total. The van der Waals surface area contributed by atoms with Crippen LogP contribution in [0.1, 0.15) is 32.3 Å². The molecule has 0 unspecified atom stereocenters. The smallest absolute Gasteiger partial charge is 0.148 e. The Balaban J connectivity index is 3.10. The van der Waals surface area contributed by atoms with Gasteiger partial charge in [-0.25, -0.2) is 4.98 Å². The molecular weight excluding hydrogens is 236 g/mol. The van der Waals surface area contributed by atoms with E-state index in [4.69, 9.17) is 22.7 Å². The van der Waals surface area contributed by atoms with Crippen molar-refractivity contribution in [1.82, 2.24) is 4.98 Å². The summed E-state index contributed by atoms with van der Waals surface area (Å²) in [6.07, 6.45) is 3.71. The molecule has 0 aliphatic heterocycles. The van der Waals surface area contributed by atoms with Crippen molar-refractivity contribution in [3.63, 3.8) is 0 Å². The molecule has 0 bridgehead atoms. The number of amidine groups is 1. The lowest BCUT2D eigenvalue weighted by molar-refractivity contribution is 0.734. The number of nitrogens with two attached hydrogens (primary N) is 1. The van der Waals surface area contributed by atoms with Crippen molar-refractivity contribution < 1.29 is 0 Å². The van der Waals surface area contributed by atoms with Crippen LogP contribution in [0.2, 0.25) is 5.02 Å². The Bertz CT molecular complexity index is 386. The van der Waals surface area contributed by atoms with Gasteiger partial charge >= 0.3 is 0 Å². The summed E-state index contributed by atoms with van der Waals surface area (Å²) in [6, 6.07) is 1.67. The van der Waals surface area contributed by atoms with Crippen molar-refractivity contribution in [2.75, 3.05) is 18.0 Å². The molecule has 1 aromatic heterocycles. The number of pyridine rings is 1. The molecule has 0 fully saturated rings. The van der Waals surface area contributed by atoms with Gasteiger partial charge in [0.25, 0.3) is 0 Å². The summed E-state index contributed by atoms with van der Waals surface area (Å²) in [5, 5.41) is 7.94. The number of nitrogen functional groups attached to an aromatic ring is 1. The van der Waals surface area contributed by atoms with Crippen LogP contribution in [0.15, 0.2) is 12.3 Å². The summed E-state index contributed by atoms with van der Waals surface area (Å²) in [5.74, 6) is 0.703. The van der Waals surface area contributed by atoms with Crippen LogP contribution in [0, 0.1) is 5.41 Å². The monoisotopic (exact) mass is 254 g/mol. The van der Waals surface area contributed by atoms with E-state index in [0.29, 0.717) is 10.6 Å². The third-order valence-corrected chi connectivity index (χ3v) is 2.82. The Morgan fingerprint density at radius 1 is 1.41 bits per heavy atom. The molecule has 0 saturated carbocycles. The Morgan fingerprint density at radius 2 is 2.00 bits per heavy atom. The quantitative estimate of drug-likeness (QED) is 0.606. The predicted octanol–water partition coefficient (Wildman–Crippen LogP) is 2.65. The molecule has 0 radical (unpaired) electrons. The highest BCUT2D eigenvalue weighted by Gasteiger charge is 2.14. The number of aromatic nitrogens is 1. The molecule has 1 rings (SSSR count). The normalized spacial score (nSPS) is 10.3. The number of rotatable bonds is 6. The molecule has 0 saturated heterocycles. The second-order valence-electron chi connectivity index (χ2n) is 3.90. The third-order valence-electron chi connectivity index (χ3n) is 2.45. The number of nitrogens with one attached hydrogen (secondary N) is 1. The topological polar surface area (TPSA) is 66.0 Å². The van der Waals surface area contributed by atoms with E-state index in [1.54, 1.807) is 12.3 Å². The molecule has 4 nitrogen and oxygen atoms in total. The van der Waals surface area contributed by atoms with Gasteiger partial charge in [0, 0.05) is 24.8 Å². The zero-order chi connectivity index (χ0) is 12.8. The van der Waals surface area contributed by atoms with Gasteiger partial charge in [-0.1, -0.05) is 25.4 Å². The predicted molar refractivity (Wildman–Crippen MR) is 73.1 cm³/mol. The lowest BCUT2D eigenvalue weighted by Gasteiger charge is -2.24. The molecule has 1 aromatic rings. The van der Waals surface area contributed by atoms with Crippen LogP contribution < -0.4 is 10.6 Å². The molecule has 0 aliphatic rings. The Hall–Kier alpha value is -1.29. The van der Waals surface area contributed by atoms with Crippen LogP contribution in [0.25, 0.3) is 0 Å². The van der Waals surface area contributed by atoms with E-state index in [2.05, 4.69) is 23.7 Å². The maximum absolute atomic E-state index is 7.46. The average Bonchev–Trinajstić information content (AvgIpc) is 2.29. The Kier molecular flexibility index (Phi) is 5.22. The van der Waals surface area contributed by atoms with E-state index in [1.807, 2.05) is 0 Å². The number of hydrogen-bond acceptors (Lipinski definition) is 3. The number of nitrogens with zero attached hydrogens (tertiary/aromatic N) is 2. The zero-order valence-electron chi connectivity index (χ0n) is 10.3. The molecular formula is C12H19ClN4.